The highest BCUT2D eigenvalue weighted by molar-refractivity contribution is 6.03. The third-order valence-electron chi connectivity index (χ3n) is 8.76. The maximum Gasteiger partial charge on any atom is 0.416 e. The number of para-hydroxylation sites is 1. The number of phenols is 1. The van der Waals surface area contributed by atoms with Gasteiger partial charge < -0.3 is 14.9 Å². The second-order valence-corrected chi connectivity index (χ2v) is 11.4. The van der Waals surface area contributed by atoms with Gasteiger partial charge in [0.2, 0.25) is 5.91 Å². The van der Waals surface area contributed by atoms with E-state index in [1.165, 1.54) is 6.07 Å². The largest absolute Gasteiger partial charge is 0.508 e. The number of hydrogen-bond acceptors (Lipinski definition) is 4. The van der Waals surface area contributed by atoms with E-state index in [1.54, 1.807) is 42.5 Å². The molecule has 5 rings (SSSR count). The third-order valence-corrected chi connectivity index (χ3v) is 8.76. The van der Waals surface area contributed by atoms with Crippen LogP contribution in [0.1, 0.15) is 60.0 Å². The van der Waals surface area contributed by atoms with Crippen LogP contribution in [0.3, 0.4) is 0 Å². The summed E-state index contributed by atoms with van der Waals surface area (Å²) in [4.78, 5) is 30.9. The molecule has 0 spiro atoms. The molecule has 2 fully saturated rings. The number of aromatic hydroxyl groups is 1. The maximum absolute atomic E-state index is 13.7. The highest BCUT2D eigenvalue weighted by Crippen LogP contribution is 2.35. The summed E-state index contributed by atoms with van der Waals surface area (Å²) in [6.45, 7) is 3.08. The minimum absolute atomic E-state index is 0.00488. The van der Waals surface area contributed by atoms with Gasteiger partial charge in [0, 0.05) is 37.0 Å². The predicted molar refractivity (Wildman–Crippen MR) is 156 cm³/mol. The van der Waals surface area contributed by atoms with Crippen LogP contribution >= 0.6 is 0 Å². The fourth-order valence-corrected chi connectivity index (χ4v) is 6.38. The summed E-state index contributed by atoms with van der Waals surface area (Å²) in [7, 11) is 0. The van der Waals surface area contributed by atoms with Crippen LogP contribution in [0.25, 0.3) is 11.1 Å². The third kappa shape index (κ3) is 7.04. The molecule has 0 aliphatic carbocycles. The second-order valence-electron chi connectivity index (χ2n) is 11.4. The van der Waals surface area contributed by atoms with E-state index in [9.17, 15) is 27.9 Å². The highest BCUT2D eigenvalue weighted by atomic mass is 19.4. The van der Waals surface area contributed by atoms with Crippen molar-refractivity contribution in [3.63, 3.8) is 0 Å². The maximum atomic E-state index is 13.7. The molecule has 0 aromatic heterocycles. The number of piperidine rings is 1. The summed E-state index contributed by atoms with van der Waals surface area (Å²) in [5.74, 6) is 0.145. The van der Waals surface area contributed by atoms with Gasteiger partial charge in [-0.2, -0.15) is 13.2 Å². The molecule has 0 bridgehead atoms. The Balaban J connectivity index is 1.16. The van der Waals surface area contributed by atoms with Crippen LogP contribution in [0.2, 0.25) is 0 Å². The van der Waals surface area contributed by atoms with Crippen LogP contribution in [-0.4, -0.2) is 58.8 Å². The number of Topliss-reactive ketones (excluding diaryl/α,β-unsaturated/α-hetero) is 1. The fraction of sp³-hybridized carbons (Fsp3) is 0.412. The summed E-state index contributed by atoms with van der Waals surface area (Å²) in [5, 5.41) is 9.97. The Morgan fingerprint density at radius 1 is 0.833 bits per heavy atom. The number of halogens is 3. The van der Waals surface area contributed by atoms with E-state index in [4.69, 9.17) is 0 Å². The van der Waals surface area contributed by atoms with Gasteiger partial charge in [-0.3, -0.25) is 9.59 Å². The molecule has 2 aliphatic rings. The molecule has 2 heterocycles. The molecular weight excluding hydrogens is 541 g/mol. The Morgan fingerprint density at radius 3 is 2.33 bits per heavy atom. The number of hydrogen-bond donors (Lipinski definition) is 1. The van der Waals surface area contributed by atoms with E-state index in [2.05, 4.69) is 4.90 Å². The van der Waals surface area contributed by atoms with Gasteiger partial charge in [0.15, 0.2) is 5.78 Å². The average molecular weight is 579 g/mol. The van der Waals surface area contributed by atoms with Crippen molar-refractivity contribution in [2.45, 2.75) is 57.2 Å². The van der Waals surface area contributed by atoms with Gasteiger partial charge in [0.25, 0.3) is 0 Å². The first kappa shape index (κ1) is 29.8. The van der Waals surface area contributed by atoms with Crippen molar-refractivity contribution in [3.05, 3.63) is 89.5 Å². The number of phenolic OH excluding ortho intramolecular Hbond substituents is 1. The summed E-state index contributed by atoms with van der Waals surface area (Å²) in [5.41, 5.74) is 1.47. The molecule has 1 N–H and O–H groups in total. The van der Waals surface area contributed by atoms with Crippen molar-refractivity contribution in [1.82, 2.24) is 9.80 Å². The minimum atomic E-state index is -4.45. The van der Waals surface area contributed by atoms with Crippen molar-refractivity contribution in [1.29, 1.82) is 0 Å². The number of carbonyl (C=O) groups excluding carboxylic acids is 2. The Kier molecular flexibility index (Phi) is 9.31. The molecule has 5 nitrogen and oxygen atoms in total. The lowest BCUT2D eigenvalue weighted by atomic mass is 9.87. The van der Waals surface area contributed by atoms with E-state index in [0.29, 0.717) is 55.1 Å². The quantitative estimate of drug-likeness (QED) is 0.307. The van der Waals surface area contributed by atoms with Crippen molar-refractivity contribution in [2.75, 3.05) is 26.2 Å². The summed E-state index contributed by atoms with van der Waals surface area (Å²) < 4.78 is 40.0. The summed E-state index contributed by atoms with van der Waals surface area (Å²) >= 11 is 0. The molecule has 0 radical (unpaired) electrons. The molecule has 42 heavy (non-hydrogen) atoms. The van der Waals surface area contributed by atoms with Gasteiger partial charge in [0.1, 0.15) is 5.75 Å². The molecular formula is C34H37F3N2O3. The Hall–Kier alpha value is -3.65. The van der Waals surface area contributed by atoms with E-state index in [1.807, 2.05) is 17.0 Å². The van der Waals surface area contributed by atoms with E-state index < -0.39 is 11.7 Å². The lowest BCUT2D eigenvalue weighted by Gasteiger charge is -2.38. The first-order valence-electron chi connectivity index (χ1n) is 14.8. The van der Waals surface area contributed by atoms with Gasteiger partial charge in [-0.15, -0.1) is 0 Å². The van der Waals surface area contributed by atoms with Crippen molar-refractivity contribution in [3.8, 4) is 16.9 Å². The predicted octanol–water partition coefficient (Wildman–Crippen LogP) is 6.99. The number of rotatable bonds is 7. The Morgan fingerprint density at radius 2 is 1.57 bits per heavy atom. The molecule has 3 aromatic carbocycles. The zero-order valence-electron chi connectivity index (χ0n) is 23.7. The summed E-state index contributed by atoms with van der Waals surface area (Å²) in [6, 6.07) is 19.6. The molecule has 8 heteroatoms. The number of carbonyl (C=O) groups is 2. The standard InChI is InChI=1S/C34H37F3N2O3/c35-34(36,37)27-10-5-8-26(23-27)29-11-2-3-12-30(29)33(42)25-9-6-19-38(20-16-25)28-17-21-39(22-18-28)32(41)15-14-24-7-1-4-13-31(24)40/h1-5,7-8,10-13,23,25,28,40H,6,9,14-22H2. The minimum Gasteiger partial charge on any atom is -0.508 e. The molecule has 2 saturated heterocycles. The molecule has 1 amide bonds. The molecule has 1 atom stereocenters. The topological polar surface area (TPSA) is 60.9 Å². The second kappa shape index (κ2) is 13.1. The van der Waals surface area contributed by atoms with Gasteiger partial charge in [-0.1, -0.05) is 54.6 Å². The van der Waals surface area contributed by atoms with Gasteiger partial charge in [-0.05, 0) is 86.5 Å². The van der Waals surface area contributed by atoms with E-state index in [0.717, 1.165) is 56.5 Å². The van der Waals surface area contributed by atoms with Crippen LogP contribution in [0.5, 0.6) is 5.75 Å². The highest BCUT2D eigenvalue weighted by Gasteiger charge is 2.32. The molecule has 1 unspecified atom stereocenters. The van der Waals surface area contributed by atoms with E-state index in [-0.39, 0.29) is 23.4 Å². The van der Waals surface area contributed by atoms with E-state index >= 15 is 0 Å². The molecule has 0 saturated carbocycles. The number of benzene rings is 3. The Labute approximate surface area is 245 Å². The number of nitrogens with zero attached hydrogens (tertiary/aromatic N) is 2. The fourth-order valence-electron chi connectivity index (χ4n) is 6.38. The van der Waals surface area contributed by atoms with Crippen molar-refractivity contribution >= 4 is 11.7 Å². The zero-order valence-corrected chi connectivity index (χ0v) is 23.7. The first-order chi connectivity index (χ1) is 20.2. The normalized spacial score (nSPS) is 18.9. The number of likely N-dealkylation sites (tertiary alicyclic amines) is 2. The van der Waals surface area contributed by atoms with Crippen molar-refractivity contribution in [2.24, 2.45) is 5.92 Å². The van der Waals surface area contributed by atoms with Crippen LogP contribution in [0.15, 0.2) is 72.8 Å². The van der Waals surface area contributed by atoms with Gasteiger partial charge in [0.05, 0.1) is 5.56 Å². The monoisotopic (exact) mass is 578 g/mol. The summed E-state index contributed by atoms with van der Waals surface area (Å²) in [6.07, 6.45) is 0.544. The molecule has 222 valence electrons. The SMILES string of the molecule is O=C(c1ccccc1-c1cccc(C(F)(F)F)c1)C1CCCN(C2CCN(C(=O)CCc3ccccc3O)CC2)CC1. The van der Waals surface area contributed by atoms with Crippen LogP contribution in [0, 0.1) is 5.92 Å². The lowest BCUT2D eigenvalue weighted by Crippen LogP contribution is -2.47. The first-order valence-corrected chi connectivity index (χ1v) is 14.8. The number of amides is 1. The van der Waals surface area contributed by atoms with Gasteiger partial charge in [-0.25, -0.2) is 0 Å². The molecule has 3 aromatic rings. The van der Waals surface area contributed by atoms with Crippen molar-refractivity contribution < 1.29 is 27.9 Å². The number of ketones is 1. The lowest BCUT2D eigenvalue weighted by molar-refractivity contribution is -0.137. The van der Waals surface area contributed by atoms with Crippen LogP contribution in [-0.2, 0) is 17.4 Å². The zero-order chi connectivity index (χ0) is 29.7. The smallest absolute Gasteiger partial charge is 0.416 e. The van der Waals surface area contributed by atoms with Gasteiger partial charge >= 0.3 is 6.18 Å². The van der Waals surface area contributed by atoms with Crippen LogP contribution < -0.4 is 0 Å². The average Bonchev–Trinajstić information content (AvgIpc) is 3.26. The Bertz CT molecular complexity index is 1400. The van der Waals surface area contributed by atoms with Crippen LogP contribution in [0.4, 0.5) is 13.2 Å². The number of aryl methyl sites for hydroxylation is 1. The molecule has 2 aliphatic heterocycles. The number of alkyl halides is 3.